The van der Waals surface area contributed by atoms with Crippen LogP contribution in [-0.4, -0.2) is 17.6 Å². The van der Waals surface area contributed by atoms with Crippen LogP contribution in [0, 0.1) is 19.7 Å². The minimum atomic E-state index is -0.457. The first-order valence-electron chi connectivity index (χ1n) is 6.81. The van der Waals surface area contributed by atoms with Crippen molar-refractivity contribution in [1.29, 1.82) is 0 Å². The first-order valence-corrected chi connectivity index (χ1v) is 6.81. The molecule has 0 radical (unpaired) electrons. The van der Waals surface area contributed by atoms with E-state index in [0.717, 1.165) is 12.0 Å². The number of nitrogens with one attached hydrogen (secondary N) is 2. The van der Waals surface area contributed by atoms with E-state index in [1.54, 1.807) is 19.9 Å². The van der Waals surface area contributed by atoms with Gasteiger partial charge in [0.1, 0.15) is 5.82 Å². The average molecular weight is 291 g/mol. The largest absolute Gasteiger partial charge is 0.382 e. The second-order valence-corrected chi connectivity index (χ2v) is 4.77. The molecule has 0 aliphatic heterocycles. The molecule has 1 aromatic heterocycles. The third-order valence-electron chi connectivity index (χ3n) is 3.19. The Morgan fingerprint density at radius 2 is 2.14 bits per heavy atom. The van der Waals surface area contributed by atoms with Crippen molar-refractivity contribution < 1.29 is 13.7 Å². The number of rotatable bonds is 5. The number of para-hydroxylation sites is 1. The number of carbonyl (C=O) groups excluding carboxylic acids is 1. The first-order chi connectivity index (χ1) is 10.0. The van der Waals surface area contributed by atoms with Gasteiger partial charge in [0, 0.05) is 12.1 Å². The normalized spacial score (nSPS) is 10.5. The van der Waals surface area contributed by atoms with Crippen molar-refractivity contribution in [2.45, 2.75) is 27.2 Å². The lowest BCUT2D eigenvalue weighted by molar-refractivity contribution is 0.102. The molecule has 2 rings (SSSR count). The number of halogens is 1. The van der Waals surface area contributed by atoms with Crippen LogP contribution in [0.1, 0.15) is 35.0 Å². The van der Waals surface area contributed by atoms with Gasteiger partial charge >= 0.3 is 0 Å². The highest BCUT2D eigenvalue weighted by Gasteiger charge is 2.18. The van der Waals surface area contributed by atoms with Crippen molar-refractivity contribution in [3.05, 3.63) is 40.8 Å². The zero-order valence-electron chi connectivity index (χ0n) is 12.3. The number of hydrogen-bond acceptors (Lipinski definition) is 4. The minimum absolute atomic E-state index is 0.200. The second-order valence-electron chi connectivity index (χ2n) is 4.77. The van der Waals surface area contributed by atoms with Crippen LogP contribution in [0.2, 0.25) is 0 Å². The lowest BCUT2D eigenvalue weighted by Gasteiger charge is -2.11. The summed E-state index contributed by atoms with van der Waals surface area (Å²) in [5.41, 5.74) is 1.89. The van der Waals surface area contributed by atoms with Crippen molar-refractivity contribution >= 4 is 17.5 Å². The molecule has 1 heterocycles. The van der Waals surface area contributed by atoms with Gasteiger partial charge in [-0.25, -0.2) is 4.39 Å². The quantitative estimate of drug-likeness (QED) is 0.884. The lowest BCUT2D eigenvalue weighted by Crippen LogP contribution is -2.16. The molecule has 0 aliphatic carbocycles. The molecule has 5 nitrogen and oxygen atoms in total. The molecule has 112 valence electrons. The Hall–Kier alpha value is -2.37. The Balaban J connectivity index is 2.26. The minimum Gasteiger partial charge on any atom is -0.382 e. The molecule has 0 saturated carbocycles. The fourth-order valence-electron chi connectivity index (χ4n) is 1.85. The summed E-state index contributed by atoms with van der Waals surface area (Å²) in [6.07, 6.45) is 0.829. The van der Waals surface area contributed by atoms with E-state index < -0.39 is 11.7 Å². The van der Waals surface area contributed by atoms with Gasteiger partial charge in [-0.15, -0.1) is 0 Å². The number of benzene rings is 1. The van der Waals surface area contributed by atoms with Gasteiger partial charge in [0.25, 0.3) is 5.91 Å². The molecule has 0 spiro atoms. The van der Waals surface area contributed by atoms with E-state index in [1.165, 1.54) is 12.1 Å². The summed E-state index contributed by atoms with van der Waals surface area (Å²) < 4.78 is 18.9. The second kappa shape index (κ2) is 6.39. The molecule has 0 aliphatic rings. The van der Waals surface area contributed by atoms with Crippen LogP contribution < -0.4 is 10.6 Å². The summed E-state index contributed by atoms with van der Waals surface area (Å²) in [5, 5.41) is 9.33. The highest BCUT2D eigenvalue weighted by atomic mass is 19.1. The maximum atomic E-state index is 13.9. The standard InChI is InChI=1S/C15H18FN3O2/c1-4-8-17-13-11(6-5-7-12(13)16)14(20)18-15-9(2)10(3)19-21-15/h5-7,17H,4,8H2,1-3H3,(H,18,20). The predicted molar refractivity (Wildman–Crippen MR) is 79.1 cm³/mol. The van der Waals surface area contributed by atoms with Gasteiger partial charge in [-0.1, -0.05) is 18.1 Å². The van der Waals surface area contributed by atoms with Crippen LogP contribution in [0.25, 0.3) is 0 Å². The Morgan fingerprint density at radius 1 is 1.38 bits per heavy atom. The van der Waals surface area contributed by atoms with Gasteiger partial charge in [-0.2, -0.15) is 0 Å². The van der Waals surface area contributed by atoms with Crippen molar-refractivity contribution in [3.8, 4) is 0 Å². The number of amides is 1. The highest BCUT2D eigenvalue weighted by Crippen LogP contribution is 2.23. The van der Waals surface area contributed by atoms with Gasteiger partial charge in [0.05, 0.1) is 16.9 Å². The van der Waals surface area contributed by atoms with E-state index in [1.807, 2.05) is 6.92 Å². The highest BCUT2D eigenvalue weighted by molar-refractivity contribution is 6.07. The van der Waals surface area contributed by atoms with E-state index in [9.17, 15) is 9.18 Å². The van der Waals surface area contributed by atoms with E-state index in [0.29, 0.717) is 12.2 Å². The zero-order valence-corrected chi connectivity index (χ0v) is 12.3. The predicted octanol–water partition coefficient (Wildman–Crippen LogP) is 3.50. The number of carbonyl (C=O) groups is 1. The van der Waals surface area contributed by atoms with Gasteiger partial charge in [-0.3, -0.25) is 10.1 Å². The van der Waals surface area contributed by atoms with Crippen molar-refractivity contribution in [2.24, 2.45) is 0 Å². The molecular weight excluding hydrogens is 273 g/mol. The van der Waals surface area contributed by atoms with Gasteiger partial charge in [0.15, 0.2) is 0 Å². The third kappa shape index (κ3) is 3.21. The molecule has 0 saturated heterocycles. The molecule has 6 heteroatoms. The van der Waals surface area contributed by atoms with Crippen molar-refractivity contribution in [3.63, 3.8) is 0 Å². The molecule has 2 N–H and O–H groups in total. The van der Waals surface area contributed by atoms with Crippen LogP contribution >= 0.6 is 0 Å². The fraction of sp³-hybridized carbons (Fsp3) is 0.333. The van der Waals surface area contributed by atoms with E-state index in [4.69, 9.17) is 4.52 Å². The molecular formula is C15H18FN3O2. The SMILES string of the molecule is CCCNc1c(F)cccc1C(=O)Nc1onc(C)c1C. The smallest absolute Gasteiger partial charge is 0.260 e. The Bertz CT molecular complexity index is 652. The maximum absolute atomic E-state index is 13.9. The number of aryl methyl sites for hydroxylation is 1. The lowest BCUT2D eigenvalue weighted by atomic mass is 10.1. The van der Waals surface area contributed by atoms with Crippen LogP contribution in [0.3, 0.4) is 0 Å². The summed E-state index contributed by atoms with van der Waals surface area (Å²) in [7, 11) is 0. The third-order valence-corrected chi connectivity index (χ3v) is 3.19. The molecule has 0 unspecified atom stereocenters. The molecule has 0 bridgehead atoms. The van der Waals surface area contributed by atoms with Gasteiger partial charge < -0.3 is 9.84 Å². The van der Waals surface area contributed by atoms with Gasteiger partial charge in [0.2, 0.25) is 5.88 Å². The summed E-state index contributed by atoms with van der Waals surface area (Å²) in [4.78, 5) is 12.3. The Labute approximate surface area is 122 Å². The maximum Gasteiger partial charge on any atom is 0.260 e. The van der Waals surface area contributed by atoms with E-state index in [2.05, 4.69) is 15.8 Å². The van der Waals surface area contributed by atoms with Crippen LogP contribution in [0.4, 0.5) is 16.0 Å². The van der Waals surface area contributed by atoms with Gasteiger partial charge in [-0.05, 0) is 32.4 Å². The zero-order chi connectivity index (χ0) is 15.4. The van der Waals surface area contributed by atoms with Crippen LogP contribution in [-0.2, 0) is 0 Å². The number of nitrogens with zero attached hydrogens (tertiary/aromatic N) is 1. The number of aromatic nitrogens is 1. The summed E-state index contributed by atoms with van der Waals surface area (Å²) in [6.45, 7) is 6.13. The first kappa shape index (κ1) is 15.0. The summed E-state index contributed by atoms with van der Waals surface area (Å²) in [6, 6.07) is 4.38. The number of hydrogen-bond donors (Lipinski definition) is 2. The van der Waals surface area contributed by atoms with E-state index >= 15 is 0 Å². The van der Waals surface area contributed by atoms with Crippen LogP contribution in [0.5, 0.6) is 0 Å². The number of anilines is 2. The van der Waals surface area contributed by atoms with E-state index in [-0.39, 0.29) is 17.1 Å². The monoisotopic (exact) mass is 291 g/mol. The molecule has 21 heavy (non-hydrogen) atoms. The molecule has 1 aromatic carbocycles. The van der Waals surface area contributed by atoms with Crippen molar-refractivity contribution in [2.75, 3.05) is 17.2 Å². The average Bonchev–Trinajstić information content (AvgIpc) is 2.77. The fourth-order valence-corrected chi connectivity index (χ4v) is 1.85. The Kier molecular flexibility index (Phi) is 4.57. The Morgan fingerprint density at radius 3 is 2.76 bits per heavy atom. The topological polar surface area (TPSA) is 67.2 Å². The summed E-state index contributed by atoms with van der Waals surface area (Å²) >= 11 is 0. The molecule has 0 fully saturated rings. The summed E-state index contributed by atoms with van der Waals surface area (Å²) in [5.74, 6) is -0.614. The molecule has 1 amide bonds. The molecule has 2 aromatic rings. The van der Waals surface area contributed by atoms with Crippen molar-refractivity contribution in [1.82, 2.24) is 5.16 Å². The van der Waals surface area contributed by atoms with Crippen LogP contribution in [0.15, 0.2) is 22.7 Å². The molecule has 0 atom stereocenters.